The maximum atomic E-state index is 12.5. The molecule has 0 atom stereocenters. The minimum Gasteiger partial charge on any atom is -0.497 e. The van der Waals surface area contributed by atoms with E-state index in [0.717, 1.165) is 17.7 Å². The quantitative estimate of drug-likeness (QED) is 0.767. The molecular weight excluding hydrogens is 361 g/mol. The molecule has 2 N–H and O–H groups in total. The minimum atomic E-state index is -4.35. The molecule has 0 bridgehead atoms. The van der Waals surface area contributed by atoms with E-state index in [9.17, 15) is 18.0 Å². The van der Waals surface area contributed by atoms with Gasteiger partial charge in [0.15, 0.2) is 0 Å². The lowest BCUT2D eigenvalue weighted by Crippen LogP contribution is -2.36. The van der Waals surface area contributed by atoms with E-state index in [0.29, 0.717) is 30.0 Å². The van der Waals surface area contributed by atoms with Crippen molar-refractivity contribution in [1.29, 1.82) is 0 Å². The molecule has 2 aromatic rings. The SMILES string of the molecule is COc1cc(CNC(=O)NCCc2ccc(C(F)(F)F)cc2)cc(OC)c1. The number of urea groups is 1. The molecule has 5 nitrogen and oxygen atoms in total. The van der Waals surface area contributed by atoms with Crippen LogP contribution in [0, 0.1) is 0 Å². The molecule has 0 aliphatic heterocycles. The molecule has 0 heterocycles. The summed E-state index contributed by atoms with van der Waals surface area (Å²) in [4.78, 5) is 11.9. The third kappa shape index (κ3) is 6.40. The molecule has 146 valence electrons. The van der Waals surface area contributed by atoms with Crippen LogP contribution in [0.1, 0.15) is 16.7 Å². The van der Waals surface area contributed by atoms with Gasteiger partial charge in [0.05, 0.1) is 19.8 Å². The Labute approximate surface area is 155 Å². The van der Waals surface area contributed by atoms with Crippen LogP contribution >= 0.6 is 0 Å². The first-order valence-electron chi connectivity index (χ1n) is 8.21. The van der Waals surface area contributed by atoms with Gasteiger partial charge in [0, 0.05) is 19.2 Å². The zero-order chi connectivity index (χ0) is 19.9. The fourth-order valence-electron chi connectivity index (χ4n) is 2.39. The van der Waals surface area contributed by atoms with Crippen molar-refractivity contribution in [2.24, 2.45) is 0 Å². The van der Waals surface area contributed by atoms with E-state index in [4.69, 9.17) is 9.47 Å². The number of alkyl halides is 3. The highest BCUT2D eigenvalue weighted by Gasteiger charge is 2.29. The fourth-order valence-corrected chi connectivity index (χ4v) is 2.39. The largest absolute Gasteiger partial charge is 0.497 e. The molecule has 0 aliphatic rings. The van der Waals surface area contributed by atoms with Crippen molar-refractivity contribution in [3.63, 3.8) is 0 Å². The predicted octanol–water partition coefficient (Wildman–Crippen LogP) is 3.76. The van der Waals surface area contributed by atoms with Gasteiger partial charge in [-0.15, -0.1) is 0 Å². The summed E-state index contributed by atoms with van der Waals surface area (Å²) in [5.41, 5.74) is 0.829. The number of hydrogen-bond donors (Lipinski definition) is 2. The molecule has 8 heteroatoms. The lowest BCUT2D eigenvalue weighted by molar-refractivity contribution is -0.137. The number of nitrogens with one attached hydrogen (secondary N) is 2. The van der Waals surface area contributed by atoms with E-state index in [1.54, 1.807) is 32.4 Å². The number of rotatable bonds is 7. The van der Waals surface area contributed by atoms with Crippen molar-refractivity contribution in [2.75, 3.05) is 20.8 Å². The Morgan fingerprint density at radius 3 is 2.04 bits per heavy atom. The molecule has 0 spiro atoms. The van der Waals surface area contributed by atoms with Gasteiger partial charge in [-0.05, 0) is 41.8 Å². The van der Waals surface area contributed by atoms with E-state index in [2.05, 4.69) is 10.6 Å². The molecule has 2 rings (SSSR count). The van der Waals surface area contributed by atoms with Crippen LogP contribution in [0.25, 0.3) is 0 Å². The first kappa shape index (κ1) is 20.4. The summed E-state index contributed by atoms with van der Waals surface area (Å²) in [5.74, 6) is 1.24. The van der Waals surface area contributed by atoms with Gasteiger partial charge in [-0.1, -0.05) is 12.1 Å². The Balaban J connectivity index is 1.78. The summed E-state index contributed by atoms with van der Waals surface area (Å²) in [6.07, 6.45) is -3.92. The van der Waals surface area contributed by atoms with Gasteiger partial charge in [-0.25, -0.2) is 4.79 Å². The van der Waals surface area contributed by atoms with Crippen molar-refractivity contribution < 1.29 is 27.4 Å². The molecule has 0 radical (unpaired) electrons. The third-order valence-corrected chi connectivity index (χ3v) is 3.84. The zero-order valence-corrected chi connectivity index (χ0v) is 15.0. The van der Waals surface area contributed by atoms with E-state index >= 15 is 0 Å². The van der Waals surface area contributed by atoms with E-state index in [-0.39, 0.29) is 12.6 Å². The first-order chi connectivity index (χ1) is 12.8. The number of ether oxygens (including phenoxy) is 2. The van der Waals surface area contributed by atoms with Gasteiger partial charge in [-0.2, -0.15) is 13.2 Å². The Morgan fingerprint density at radius 1 is 0.926 bits per heavy atom. The summed E-state index contributed by atoms with van der Waals surface area (Å²) in [6.45, 7) is 0.582. The molecule has 2 amide bonds. The van der Waals surface area contributed by atoms with Crippen LogP contribution in [-0.4, -0.2) is 26.8 Å². The van der Waals surface area contributed by atoms with Crippen LogP contribution in [0.5, 0.6) is 11.5 Å². The molecular formula is C19H21F3N2O3. The monoisotopic (exact) mass is 382 g/mol. The van der Waals surface area contributed by atoms with Crippen LogP contribution < -0.4 is 20.1 Å². The number of amides is 2. The summed E-state index contributed by atoms with van der Waals surface area (Å²) >= 11 is 0. The van der Waals surface area contributed by atoms with E-state index in [1.807, 2.05) is 0 Å². The van der Waals surface area contributed by atoms with Crippen LogP contribution in [-0.2, 0) is 19.1 Å². The van der Waals surface area contributed by atoms with Crippen LogP contribution in [0.15, 0.2) is 42.5 Å². The highest BCUT2D eigenvalue weighted by molar-refractivity contribution is 5.73. The van der Waals surface area contributed by atoms with Crippen LogP contribution in [0.2, 0.25) is 0 Å². The molecule has 0 aromatic heterocycles. The van der Waals surface area contributed by atoms with Gasteiger partial charge in [0.2, 0.25) is 0 Å². The smallest absolute Gasteiger partial charge is 0.416 e. The number of carbonyl (C=O) groups excluding carboxylic acids is 1. The maximum absolute atomic E-state index is 12.5. The third-order valence-electron chi connectivity index (χ3n) is 3.84. The molecule has 0 saturated heterocycles. The lowest BCUT2D eigenvalue weighted by atomic mass is 10.1. The Hall–Kier alpha value is -2.90. The van der Waals surface area contributed by atoms with Crippen molar-refractivity contribution in [1.82, 2.24) is 10.6 Å². The summed E-state index contributed by atoms with van der Waals surface area (Å²) in [7, 11) is 3.08. The summed E-state index contributed by atoms with van der Waals surface area (Å²) in [5, 5.41) is 5.38. The maximum Gasteiger partial charge on any atom is 0.416 e. The van der Waals surface area contributed by atoms with Crippen molar-refractivity contribution >= 4 is 6.03 Å². The summed E-state index contributed by atoms with van der Waals surface area (Å²) < 4.78 is 47.9. The van der Waals surface area contributed by atoms with E-state index < -0.39 is 11.7 Å². The predicted molar refractivity (Wildman–Crippen MR) is 94.9 cm³/mol. The average molecular weight is 382 g/mol. The fraction of sp³-hybridized carbons (Fsp3) is 0.316. The van der Waals surface area contributed by atoms with Gasteiger partial charge < -0.3 is 20.1 Å². The van der Waals surface area contributed by atoms with Crippen molar-refractivity contribution in [3.8, 4) is 11.5 Å². The molecule has 0 unspecified atom stereocenters. The number of benzene rings is 2. The molecule has 27 heavy (non-hydrogen) atoms. The highest BCUT2D eigenvalue weighted by Crippen LogP contribution is 2.29. The highest BCUT2D eigenvalue weighted by atomic mass is 19.4. The van der Waals surface area contributed by atoms with Gasteiger partial charge in [-0.3, -0.25) is 0 Å². The van der Waals surface area contributed by atoms with Gasteiger partial charge in [0.1, 0.15) is 11.5 Å². The van der Waals surface area contributed by atoms with Crippen LogP contribution in [0.4, 0.5) is 18.0 Å². The summed E-state index contributed by atoms with van der Waals surface area (Å²) in [6, 6.07) is 9.81. The average Bonchev–Trinajstić information content (AvgIpc) is 2.65. The lowest BCUT2D eigenvalue weighted by Gasteiger charge is -2.11. The second kappa shape index (κ2) is 9.16. The first-order valence-corrected chi connectivity index (χ1v) is 8.21. The molecule has 2 aromatic carbocycles. The zero-order valence-electron chi connectivity index (χ0n) is 15.0. The number of halogens is 3. The Kier molecular flexibility index (Phi) is 6.92. The Bertz CT molecular complexity index is 740. The molecule has 0 fully saturated rings. The van der Waals surface area contributed by atoms with Crippen molar-refractivity contribution in [2.45, 2.75) is 19.1 Å². The number of carbonyl (C=O) groups is 1. The minimum absolute atomic E-state index is 0.277. The second-order valence-electron chi connectivity index (χ2n) is 5.78. The number of methoxy groups -OCH3 is 2. The van der Waals surface area contributed by atoms with Crippen LogP contribution in [0.3, 0.4) is 0 Å². The second-order valence-corrected chi connectivity index (χ2v) is 5.78. The molecule has 0 aliphatic carbocycles. The van der Waals surface area contributed by atoms with Gasteiger partial charge in [0.25, 0.3) is 0 Å². The Morgan fingerprint density at radius 2 is 1.52 bits per heavy atom. The topological polar surface area (TPSA) is 59.6 Å². The van der Waals surface area contributed by atoms with Gasteiger partial charge >= 0.3 is 12.2 Å². The van der Waals surface area contributed by atoms with E-state index in [1.165, 1.54) is 12.1 Å². The normalized spacial score (nSPS) is 11.0. The standard InChI is InChI=1S/C19H21F3N2O3/c1-26-16-9-14(10-17(11-16)27-2)12-24-18(25)23-8-7-13-3-5-15(6-4-13)19(20,21)22/h3-6,9-11H,7-8,12H2,1-2H3,(H2,23,24,25). The molecule has 0 saturated carbocycles. The van der Waals surface area contributed by atoms with Crippen molar-refractivity contribution in [3.05, 3.63) is 59.2 Å². The number of hydrogen-bond acceptors (Lipinski definition) is 3.